The molecule has 1 atom stereocenters. The lowest BCUT2D eigenvalue weighted by Gasteiger charge is -2.41. The van der Waals surface area contributed by atoms with Crippen LogP contribution in [0, 0.1) is 5.41 Å². The molecule has 1 fully saturated rings. The van der Waals surface area contributed by atoms with Crippen LogP contribution in [0.25, 0.3) is 0 Å². The zero-order chi connectivity index (χ0) is 16.7. The standard InChI is InChI=1S/C14H20Cl2N2O3S.ClH/c1-14(2)8-18(7-6-11(14)17)22(19,20)10-5-4-9(21-3)12(15)13(10)16;/h4-5,11H,6-8,17H2,1-3H3;1H. The van der Waals surface area contributed by atoms with E-state index in [1.807, 2.05) is 13.8 Å². The molecular weight excluding hydrogens is 383 g/mol. The first kappa shape index (κ1) is 20.8. The van der Waals surface area contributed by atoms with Crippen LogP contribution in [-0.4, -0.2) is 39.0 Å². The molecule has 1 aromatic carbocycles. The molecule has 0 spiro atoms. The van der Waals surface area contributed by atoms with E-state index in [4.69, 9.17) is 33.7 Å². The second-order valence-electron chi connectivity index (χ2n) is 6.12. The quantitative estimate of drug-likeness (QED) is 0.841. The fourth-order valence-electron chi connectivity index (χ4n) is 2.54. The van der Waals surface area contributed by atoms with Crippen LogP contribution in [-0.2, 0) is 10.0 Å². The molecule has 1 unspecified atom stereocenters. The zero-order valence-electron chi connectivity index (χ0n) is 13.2. The molecule has 1 aliphatic rings. The third-order valence-electron chi connectivity index (χ3n) is 4.13. The van der Waals surface area contributed by atoms with Crippen LogP contribution < -0.4 is 10.5 Å². The second kappa shape index (κ2) is 7.33. The number of halogens is 3. The summed E-state index contributed by atoms with van der Waals surface area (Å²) in [4.78, 5) is -0.00811. The molecule has 1 aliphatic heterocycles. The summed E-state index contributed by atoms with van der Waals surface area (Å²) in [6.07, 6.45) is 0.605. The number of nitrogens with two attached hydrogens (primary N) is 1. The molecule has 23 heavy (non-hydrogen) atoms. The minimum atomic E-state index is -3.73. The largest absolute Gasteiger partial charge is 0.495 e. The highest BCUT2D eigenvalue weighted by atomic mass is 35.5. The van der Waals surface area contributed by atoms with Crippen molar-refractivity contribution in [2.75, 3.05) is 20.2 Å². The van der Waals surface area contributed by atoms with Crippen molar-refractivity contribution in [3.8, 4) is 5.75 Å². The van der Waals surface area contributed by atoms with E-state index >= 15 is 0 Å². The molecule has 1 heterocycles. The Labute approximate surface area is 153 Å². The van der Waals surface area contributed by atoms with E-state index in [1.54, 1.807) is 0 Å². The van der Waals surface area contributed by atoms with Crippen molar-refractivity contribution in [1.82, 2.24) is 4.31 Å². The molecule has 1 saturated heterocycles. The van der Waals surface area contributed by atoms with Crippen LogP contribution in [0.2, 0.25) is 10.0 Å². The Morgan fingerprint density at radius 1 is 1.30 bits per heavy atom. The SMILES string of the molecule is COc1ccc(S(=O)(=O)N2CCC(N)C(C)(C)C2)c(Cl)c1Cl.Cl. The van der Waals surface area contributed by atoms with Gasteiger partial charge in [0.2, 0.25) is 10.0 Å². The number of ether oxygens (including phenoxy) is 1. The van der Waals surface area contributed by atoms with Gasteiger partial charge in [-0.05, 0) is 24.0 Å². The molecule has 2 rings (SSSR count). The zero-order valence-corrected chi connectivity index (χ0v) is 16.3. The summed E-state index contributed by atoms with van der Waals surface area (Å²) in [5.41, 5.74) is 5.77. The van der Waals surface area contributed by atoms with E-state index in [2.05, 4.69) is 0 Å². The Balaban J connectivity index is 0.00000264. The van der Waals surface area contributed by atoms with E-state index in [0.717, 1.165) is 0 Å². The molecule has 5 nitrogen and oxygen atoms in total. The monoisotopic (exact) mass is 402 g/mol. The molecule has 2 N–H and O–H groups in total. The van der Waals surface area contributed by atoms with Gasteiger partial charge in [-0.3, -0.25) is 0 Å². The fourth-order valence-corrected chi connectivity index (χ4v) is 4.98. The van der Waals surface area contributed by atoms with Gasteiger partial charge in [-0.25, -0.2) is 8.42 Å². The summed E-state index contributed by atoms with van der Waals surface area (Å²) in [6, 6.07) is 2.89. The van der Waals surface area contributed by atoms with Gasteiger partial charge >= 0.3 is 0 Å². The van der Waals surface area contributed by atoms with Crippen molar-refractivity contribution in [2.24, 2.45) is 11.1 Å². The molecule has 1 aromatic rings. The van der Waals surface area contributed by atoms with Gasteiger partial charge in [-0.15, -0.1) is 12.4 Å². The second-order valence-corrected chi connectivity index (χ2v) is 8.78. The maximum atomic E-state index is 12.9. The van der Waals surface area contributed by atoms with Gasteiger partial charge in [-0.2, -0.15) is 4.31 Å². The van der Waals surface area contributed by atoms with Crippen molar-refractivity contribution in [3.63, 3.8) is 0 Å². The van der Waals surface area contributed by atoms with Crippen molar-refractivity contribution in [2.45, 2.75) is 31.2 Å². The van der Waals surface area contributed by atoms with Crippen molar-refractivity contribution in [3.05, 3.63) is 22.2 Å². The first-order valence-electron chi connectivity index (χ1n) is 6.89. The fraction of sp³-hybridized carbons (Fsp3) is 0.571. The summed E-state index contributed by atoms with van der Waals surface area (Å²) >= 11 is 12.2. The molecule has 132 valence electrons. The van der Waals surface area contributed by atoms with E-state index in [0.29, 0.717) is 25.3 Å². The number of hydrogen-bond donors (Lipinski definition) is 1. The smallest absolute Gasteiger partial charge is 0.244 e. The number of piperidine rings is 1. The van der Waals surface area contributed by atoms with Gasteiger partial charge in [0.25, 0.3) is 0 Å². The molecule has 9 heteroatoms. The van der Waals surface area contributed by atoms with Crippen LogP contribution in [0.1, 0.15) is 20.3 Å². The van der Waals surface area contributed by atoms with Gasteiger partial charge in [0.15, 0.2) is 0 Å². The molecule has 0 aromatic heterocycles. The highest BCUT2D eigenvalue weighted by molar-refractivity contribution is 7.89. The third-order valence-corrected chi connectivity index (χ3v) is 6.99. The lowest BCUT2D eigenvalue weighted by molar-refractivity contribution is 0.155. The predicted octanol–water partition coefficient (Wildman–Crippen LogP) is 3.17. The average Bonchev–Trinajstić information content (AvgIpc) is 2.44. The molecule has 0 radical (unpaired) electrons. The van der Waals surface area contributed by atoms with Gasteiger partial charge in [0.05, 0.1) is 12.1 Å². The maximum Gasteiger partial charge on any atom is 0.244 e. The topological polar surface area (TPSA) is 72.6 Å². The number of rotatable bonds is 3. The van der Waals surface area contributed by atoms with E-state index < -0.39 is 10.0 Å². The number of methoxy groups -OCH3 is 1. The molecule has 0 aliphatic carbocycles. The summed E-state index contributed by atoms with van der Waals surface area (Å²) in [5.74, 6) is 0.339. The lowest BCUT2D eigenvalue weighted by atomic mass is 9.81. The van der Waals surface area contributed by atoms with Crippen molar-refractivity contribution >= 4 is 45.6 Å². The number of benzene rings is 1. The van der Waals surface area contributed by atoms with Crippen molar-refractivity contribution < 1.29 is 13.2 Å². The van der Waals surface area contributed by atoms with Gasteiger partial charge < -0.3 is 10.5 Å². The normalized spacial score (nSPS) is 21.6. The number of nitrogens with zero attached hydrogens (tertiary/aromatic N) is 1. The summed E-state index contributed by atoms with van der Waals surface area (Å²) in [5, 5.41) is 0.0758. The van der Waals surface area contributed by atoms with Crippen molar-refractivity contribution in [1.29, 1.82) is 0 Å². The summed E-state index contributed by atoms with van der Waals surface area (Å²) in [7, 11) is -2.28. The Bertz CT molecular complexity index is 680. The molecule has 0 saturated carbocycles. The van der Waals surface area contributed by atoms with Gasteiger partial charge in [-0.1, -0.05) is 37.0 Å². The Hall–Kier alpha value is -0.240. The Morgan fingerprint density at radius 3 is 2.43 bits per heavy atom. The predicted molar refractivity (Wildman–Crippen MR) is 95.4 cm³/mol. The summed E-state index contributed by atoms with van der Waals surface area (Å²) in [6.45, 7) is 4.63. The minimum Gasteiger partial charge on any atom is -0.495 e. The van der Waals surface area contributed by atoms with E-state index in [9.17, 15) is 8.42 Å². The Morgan fingerprint density at radius 2 is 1.91 bits per heavy atom. The summed E-state index contributed by atoms with van der Waals surface area (Å²) < 4.78 is 32.2. The third kappa shape index (κ3) is 3.89. The molecule has 0 bridgehead atoms. The van der Waals surface area contributed by atoms with Crippen LogP contribution in [0.3, 0.4) is 0 Å². The lowest BCUT2D eigenvalue weighted by Crippen LogP contribution is -2.53. The van der Waals surface area contributed by atoms with Crippen LogP contribution in [0.5, 0.6) is 5.75 Å². The highest BCUT2D eigenvalue weighted by Gasteiger charge is 2.39. The number of sulfonamides is 1. The minimum absolute atomic E-state index is 0. The van der Waals surface area contributed by atoms with Crippen LogP contribution in [0.15, 0.2) is 17.0 Å². The first-order chi connectivity index (χ1) is 10.1. The van der Waals surface area contributed by atoms with Gasteiger partial charge in [0.1, 0.15) is 15.7 Å². The maximum absolute atomic E-state index is 12.9. The molecule has 0 amide bonds. The van der Waals surface area contributed by atoms with Crippen LogP contribution in [0.4, 0.5) is 0 Å². The highest BCUT2D eigenvalue weighted by Crippen LogP contribution is 2.39. The van der Waals surface area contributed by atoms with Gasteiger partial charge in [0, 0.05) is 19.1 Å². The van der Waals surface area contributed by atoms with E-state index in [1.165, 1.54) is 23.5 Å². The average molecular weight is 404 g/mol. The molecular formula is C14H21Cl3N2O3S. The Kier molecular flexibility index (Phi) is 6.63. The van der Waals surface area contributed by atoms with Crippen LogP contribution >= 0.6 is 35.6 Å². The number of hydrogen-bond acceptors (Lipinski definition) is 4. The van der Waals surface area contributed by atoms with E-state index in [-0.39, 0.29) is 38.8 Å². The first-order valence-corrected chi connectivity index (χ1v) is 9.08.